The summed E-state index contributed by atoms with van der Waals surface area (Å²) in [5.74, 6) is -0.901. The van der Waals surface area contributed by atoms with Crippen LogP contribution in [0.3, 0.4) is 0 Å². The molecule has 0 saturated heterocycles. The number of allylic oxidation sites excluding steroid dienone is 1. The molecule has 1 aliphatic heterocycles. The lowest BCUT2D eigenvalue weighted by Gasteiger charge is -2.25. The highest BCUT2D eigenvalue weighted by atomic mass is 32.2. The highest BCUT2D eigenvalue weighted by molar-refractivity contribution is 8.03. The number of hydrogen-bond acceptors (Lipinski definition) is 5. The molecule has 0 unspecified atom stereocenters. The van der Waals surface area contributed by atoms with Crippen LogP contribution in [0.5, 0.6) is 5.75 Å². The second-order valence-corrected chi connectivity index (χ2v) is 7.23. The van der Waals surface area contributed by atoms with Gasteiger partial charge in [0.1, 0.15) is 11.6 Å². The molecule has 0 fully saturated rings. The summed E-state index contributed by atoms with van der Waals surface area (Å²) in [4.78, 5) is 24.5. The fourth-order valence-electron chi connectivity index (χ4n) is 2.98. The number of nitriles is 1. The topological polar surface area (TPSA) is 91.2 Å². The minimum absolute atomic E-state index is 0.00498. The molecule has 0 bridgehead atoms. The van der Waals surface area contributed by atoms with Crippen molar-refractivity contribution in [2.75, 3.05) is 18.2 Å². The van der Waals surface area contributed by atoms with Gasteiger partial charge >= 0.3 is 0 Å². The van der Waals surface area contributed by atoms with Crippen molar-refractivity contribution < 1.29 is 18.7 Å². The van der Waals surface area contributed by atoms with E-state index >= 15 is 0 Å². The number of anilines is 1. The summed E-state index contributed by atoms with van der Waals surface area (Å²) in [6.45, 7) is 0. The summed E-state index contributed by atoms with van der Waals surface area (Å²) < 4.78 is 18.4. The molecule has 2 N–H and O–H groups in total. The van der Waals surface area contributed by atoms with Crippen LogP contribution in [0.1, 0.15) is 17.9 Å². The van der Waals surface area contributed by atoms with Crippen molar-refractivity contribution in [2.45, 2.75) is 12.3 Å². The minimum Gasteiger partial charge on any atom is -0.495 e. The molecule has 0 radical (unpaired) electrons. The van der Waals surface area contributed by atoms with Crippen LogP contribution in [0.4, 0.5) is 10.1 Å². The molecule has 0 saturated carbocycles. The SMILES string of the molecule is COc1ccccc1NC(=O)CSC1=C(C#N)[C@@H](c2ccc(F)cc2)CC(=O)N1. The lowest BCUT2D eigenvalue weighted by Crippen LogP contribution is -2.31. The number of methoxy groups -OCH3 is 1. The van der Waals surface area contributed by atoms with Gasteiger partial charge in [0.05, 0.1) is 35.2 Å². The predicted molar refractivity (Wildman–Crippen MR) is 109 cm³/mol. The van der Waals surface area contributed by atoms with Crippen LogP contribution in [0.15, 0.2) is 59.1 Å². The van der Waals surface area contributed by atoms with E-state index in [0.717, 1.165) is 11.8 Å². The molecule has 1 atom stereocenters. The molecule has 0 aromatic heterocycles. The number of amides is 2. The van der Waals surface area contributed by atoms with Gasteiger partial charge in [-0.25, -0.2) is 4.39 Å². The predicted octanol–water partition coefficient (Wildman–Crippen LogP) is 3.54. The first-order valence-corrected chi connectivity index (χ1v) is 9.75. The molecule has 8 heteroatoms. The van der Waals surface area contributed by atoms with Gasteiger partial charge in [-0.15, -0.1) is 0 Å². The molecule has 0 aliphatic carbocycles. The smallest absolute Gasteiger partial charge is 0.234 e. The summed E-state index contributed by atoms with van der Waals surface area (Å²) in [5, 5.41) is 15.4. The molecule has 29 heavy (non-hydrogen) atoms. The van der Waals surface area contributed by atoms with Crippen LogP contribution in [0.2, 0.25) is 0 Å². The number of carbonyl (C=O) groups is 2. The fraction of sp³-hybridized carbons (Fsp3) is 0.190. The van der Waals surface area contributed by atoms with Crippen molar-refractivity contribution in [3.05, 3.63) is 70.5 Å². The number of ether oxygens (including phenoxy) is 1. The normalized spacial score (nSPS) is 16.0. The maximum atomic E-state index is 13.2. The number of para-hydroxylation sites is 2. The molecule has 0 spiro atoms. The molecule has 2 aromatic rings. The Kier molecular flexibility index (Phi) is 6.52. The molecule has 3 rings (SSSR count). The Balaban J connectivity index is 1.75. The van der Waals surface area contributed by atoms with E-state index in [-0.39, 0.29) is 29.8 Å². The monoisotopic (exact) mass is 411 g/mol. The summed E-state index contributed by atoms with van der Waals surface area (Å²) in [6.07, 6.45) is 0.0893. The zero-order valence-corrected chi connectivity index (χ0v) is 16.4. The van der Waals surface area contributed by atoms with Crippen molar-refractivity contribution >= 4 is 29.3 Å². The number of halogens is 1. The largest absolute Gasteiger partial charge is 0.495 e. The molecule has 2 aromatic carbocycles. The third kappa shape index (κ3) is 4.95. The molecule has 2 amide bonds. The van der Waals surface area contributed by atoms with Gasteiger partial charge in [0.2, 0.25) is 11.8 Å². The summed E-state index contributed by atoms with van der Waals surface area (Å²) in [6, 6.07) is 14.9. The van der Waals surface area contributed by atoms with Crippen LogP contribution in [0, 0.1) is 17.1 Å². The number of thioether (sulfide) groups is 1. The summed E-state index contributed by atoms with van der Waals surface area (Å²) >= 11 is 1.07. The quantitative estimate of drug-likeness (QED) is 0.759. The van der Waals surface area contributed by atoms with Crippen LogP contribution >= 0.6 is 11.8 Å². The zero-order valence-electron chi connectivity index (χ0n) is 15.6. The summed E-state index contributed by atoms with van der Waals surface area (Å²) in [5.41, 5.74) is 1.56. The number of hydrogen-bond donors (Lipinski definition) is 2. The van der Waals surface area contributed by atoms with Crippen molar-refractivity contribution in [3.63, 3.8) is 0 Å². The van der Waals surface area contributed by atoms with E-state index in [4.69, 9.17) is 4.74 Å². The average Bonchev–Trinajstić information content (AvgIpc) is 2.72. The standard InChI is InChI=1S/C21H18FN3O3S/c1-28-18-5-3-2-4-17(18)24-20(27)12-29-21-16(11-23)15(10-19(26)25-21)13-6-8-14(22)9-7-13/h2-9,15H,10,12H2,1H3,(H,24,27)(H,25,26)/t15-/m1/s1. The van der Waals surface area contributed by atoms with Crippen LogP contribution in [0.25, 0.3) is 0 Å². The van der Waals surface area contributed by atoms with Gasteiger partial charge in [-0.1, -0.05) is 36.0 Å². The first-order valence-electron chi connectivity index (χ1n) is 8.77. The first kappa shape index (κ1) is 20.4. The van der Waals surface area contributed by atoms with E-state index in [1.54, 1.807) is 36.4 Å². The second-order valence-electron chi connectivity index (χ2n) is 6.25. The number of nitrogens with zero attached hydrogens (tertiary/aromatic N) is 1. The van der Waals surface area contributed by atoms with E-state index in [9.17, 15) is 19.2 Å². The number of nitrogens with one attached hydrogen (secondary N) is 2. The summed E-state index contributed by atoms with van der Waals surface area (Å²) in [7, 11) is 1.51. The Hall–Kier alpha value is -3.31. The van der Waals surface area contributed by atoms with E-state index in [0.29, 0.717) is 27.6 Å². The Morgan fingerprint density at radius 3 is 2.72 bits per heavy atom. The fourth-order valence-corrected chi connectivity index (χ4v) is 3.86. The maximum Gasteiger partial charge on any atom is 0.234 e. The Bertz CT molecular complexity index is 999. The van der Waals surface area contributed by atoms with Crippen LogP contribution < -0.4 is 15.4 Å². The highest BCUT2D eigenvalue weighted by Crippen LogP contribution is 2.36. The van der Waals surface area contributed by atoms with E-state index in [1.165, 1.54) is 19.2 Å². The van der Waals surface area contributed by atoms with Gasteiger partial charge in [0.15, 0.2) is 0 Å². The average molecular weight is 411 g/mol. The molecular formula is C21H18FN3O3S. The molecular weight excluding hydrogens is 393 g/mol. The first-order chi connectivity index (χ1) is 14.0. The van der Waals surface area contributed by atoms with Gasteiger partial charge in [0, 0.05) is 12.3 Å². The van der Waals surface area contributed by atoms with Crippen molar-refractivity contribution in [3.8, 4) is 11.8 Å². The van der Waals surface area contributed by atoms with E-state index in [2.05, 4.69) is 16.7 Å². The lowest BCUT2D eigenvalue weighted by molar-refractivity contribution is -0.121. The van der Waals surface area contributed by atoms with E-state index < -0.39 is 5.92 Å². The van der Waals surface area contributed by atoms with Gasteiger partial charge in [-0.3, -0.25) is 9.59 Å². The Morgan fingerprint density at radius 2 is 2.03 bits per heavy atom. The second kappa shape index (κ2) is 9.26. The molecule has 1 heterocycles. The third-order valence-corrected chi connectivity index (χ3v) is 5.37. The molecule has 148 valence electrons. The Morgan fingerprint density at radius 1 is 1.31 bits per heavy atom. The van der Waals surface area contributed by atoms with Crippen LogP contribution in [-0.4, -0.2) is 24.7 Å². The van der Waals surface area contributed by atoms with Crippen molar-refractivity contribution in [1.82, 2.24) is 5.32 Å². The minimum atomic E-state index is -0.478. The Labute approximate surface area is 171 Å². The third-order valence-electron chi connectivity index (χ3n) is 4.36. The van der Waals surface area contributed by atoms with Gasteiger partial charge in [0.25, 0.3) is 0 Å². The van der Waals surface area contributed by atoms with Crippen molar-refractivity contribution in [1.29, 1.82) is 5.26 Å². The van der Waals surface area contributed by atoms with E-state index in [1.807, 2.05) is 0 Å². The van der Waals surface area contributed by atoms with Gasteiger partial charge in [-0.05, 0) is 29.8 Å². The number of carbonyl (C=O) groups excluding carboxylic acids is 2. The van der Waals surface area contributed by atoms with Crippen LogP contribution in [-0.2, 0) is 9.59 Å². The molecule has 1 aliphatic rings. The number of benzene rings is 2. The van der Waals surface area contributed by atoms with Gasteiger partial charge in [-0.2, -0.15) is 5.26 Å². The number of rotatable bonds is 6. The zero-order chi connectivity index (χ0) is 20.8. The molecule has 6 nitrogen and oxygen atoms in total. The van der Waals surface area contributed by atoms with Gasteiger partial charge < -0.3 is 15.4 Å². The lowest BCUT2D eigenvalue weighted by atomic mass is 9.87. The highest BCUT2D eigenvalue weighted by Gasteiger charge is 2.29. The maximum absolute atomic E-state index is 13.2. The van der Waals surface area contributed by atoms with Crippen molar-refractivity contribution in [2.24, 2.45) is 0 Å².